The number of azo groups is 2. The Morgan fingerprint density at radius 3 is 1.89 bits per heavy atom. The third kappa shape index (κ3) is 9.42. The number of non-ortho nitro benzene ring substituents is 1. The largest absolute Gasteiger partial charge is 1.00 e. The van der Waals surface area contributed by atoms with Gasteiger partial charge in [0.05, 0.1) is 32.8 Å². The number of methoxy groups -OCH3 is 1. The van der Waals surface area contributed by atoms with Gasteiger partial charge in [0.25, 0.3) is 11.2 Å². The summed E-state index contributed by atoms with van der Waals surface area (Å²) in [5, 5.41) is 80.6. The van der Waals surface area contributed by atoms with Gasteiger partial charge in [-0.15, -0.1) is 26.2 Å². The molecule has 0 atom stereocenters. The fourth-order valence-electron chi connectivity index (χ4n) is 4.13. The minimum atomic E-state index is -5.07. The van der Waals surface area contributed by atoms with E-state index in [1.54, 1.807) is 30.3 Å². The number of benzene rings is 4. The molecule has 0 unspecified atom stereocenters. The number of nitrogens with zero attached hydrogens (tertiary/aromatic N) is 9. The summed E-state index contributed by atoms with van der Waals surface area (Å²) in [6.45, 7) is 1.47. The molecule has 5 rings (SSSR count). The molecule has 54 heavy (non-hydrogen) atoms. The van der Waals surface area contributed by atoms with E-state index in [-0.39, 0.29) is 43.0 Å². The number of rotatable bonds is 10. The van der Waals surface area contributed by atoms with E-state index in [1.807, 2.05) is 0 Å². The molecule has 1 aromatic heterocycles. The first-order valence-electron chi connectivity index (χ1n) is 14.1. The summed E-state index contributed by atoms with van der Waals surface area (Å²) >= 11 is 0. The molecule has 3 N–H and O–H groups in total. The van der Waals surface area contributed by atoms with E-state index in [4.69, 9.17) is 4.74 Å². The zero-order chi connectivity index (χ0) is 39.2. The van der Waals surface area contributed by atoms with Crippen LogP contribution in [0.3, 0.4) is 0 Å². The molecule has 25 heteroatoms. The van der Waals surface area contributed by atoms with Crippen LogP contribution < -0.4 is 15.4 Å². The molecule has 23 nitrogen and oxygen atoms in total. The predicted molar refractivity (Wildman–Crippen MR) is 179 cm³/mol. The summed E-state index contributed by atoms with van der Waals surface area (Å²) < 4.78 is 39.7. The number of nitro benzene ring substituents is 3. The van der Waals surface area contributed by atoms with Crippen LogP contribution in [0, 0.1) is 37.3 Å². The molecular formula is C29H23CrN9O14S. The van der Waals surface area contributed by atoms with Gasteiger partial charge in [0, 0.05) is 41.2 Å². The van der Waals surface area contributed by atoms with Gasteiger partial charge in [0.15, 0.2) is 0 Å². The number of aryl methyl sites for hydroxylation is 1. The molecule has 280 valence electrons. The van der Waals surface area contributed by atoms with Crippen LogP contribution in [0.15, 0.2) is 103 Å². The normalized spacial score (nSPS) is 11.1. The topological polar surface area (TPSA) is 342 Å². The Bertz CT molecular complexity index is 2500. The van der Waals surface area contributed by atoms with Gasteiger partial charge in [-0.3, -0.25) is 35.1 Å². The summed E-state index contributed by atoms with van der Waals surface area (Å²) in [7, 11) is -3.68. The number of aromatic nitrogens is 2. The van der Waals surface area contributed by atoms with E-state index in [0.717, 1.165) is 10.7 Å². The molecule has 0 spiro atoms. The zero-order valence-corrected chi connectivity index (χ0v) is 29.2. The molecule has 5 aromatic rings. The van der Waals surface area contributed by atoms with Gasteiger partial charge < -0.3 is 34.4 Å². The molecule has 0 fully saturated rings. The average Bonchev–Trinajstić information content (AvgIpc) is 3.39. The Balaban J connectivity index is 0.000000540. The van der Waals surface area contributed by atoms with Crippen molar-refractivity contribution in [3.63, 3.8) is 0 Å². The van der Waals surface area contributed by atoms with E-state index in [2.05, 4.69) is 25.6 Å². The predicted octanol–water partition coefficient (Wildman–Crippen LogP) is 5.60. The monoisotopic (exact) mass is 805 g/mol. The Hall–Kier alpha value is -7.07. The van der Waals surface area contributed by atoms with Gasteiger partial charge in [-0.25, -0.2) is 8.42 Å². The van der Waals surface area contributed by atoms with Crippen LogP contribution in [0.25, 0.3) is 5.69 Å². The minimum Gasteiger partial charge on any atom is -0.744 e. The van der Waals surface area contributed by atoms with Crippen molar-refractivity contribution in [1.29, 1.82) is 0 Å². The molecule has 0 saturated heterocycles. The van der Waals surface area contributed by atoms with Crippen molar-refractivity contribution in [2.45, 2.75) is 11.8 Å². The van der Waals surface area contributed by atoms with E-state index in [9.17, 15) is 63.4 Å². The van der Waals surface area contributed by atoms with E-state index in [0.29, 0.717) is 29.6 Å². The number of para-hydroxylation sites is 1. The van der Waals surface area contributed by atoms with Crippen LogP contribution in [-0.2, 0) is 27.5 Å². The minimum absolute atomic E-state index is 0. The van der Waals surface area contributed by atoms with Crippen LogP contribution >= 0.6 is 0 Å². The second-order valence-electron chi connectivity index (χ2n) is 10.1. The van der Waals surface area contributed by atoms with Crippen molar-refractivity contribution in [1.82, 2.24) is 9.78 Å². The summed E-state index contributed by atoms with van der Waals surface area (Å²) in [6.07, 6.45) is 0. The van der Waals surface area contributed by atoms with Crippen molar-refractivity contribution in [2.24, 2.45) is 20.5 Å². The first-order valence-corrected chi connectivity index (χ1v) is 15.5. The fourth-order valence-corrected chi connectivity index (χ4v) is 4.64. The maximum absolute atomic E-state index is 12.5. The van der Waals surface area contributed by atoms with Crippen molar-refractivity contribution in [2.75, 3.05) is 7.11 Å². The number of hydrogen-bond acceptors (Lipinski definition) is 18. The second-order valence-corrected chi connectivity index (χ2v) is 11.5. The van der Waals surface area contributed by atoms with Gasteiger partial charge in [-0.2, -0.15) is 0 Å². The molecule has 0 saturated carbocycles. The fraction of sp³-hybridized carbons (Fsp3) is 0.0690. The smallest absolute Gasteiger partial charge is 0.744 e. The molecule has 0 aliphatic heterocycles. The Kier molecular flexibility index (Phi) is 13.0. The second kappa shape index (κ2) is 17.0. The van der Waals surface area contributed by atoms with Gasteiger partial charge in [0.1, 0.15) is 44.4 Å². The molecular weight excluding hydrogens is 782 g/mol. The van der Waals surface area contributed by atoms with E-state index < -0.39 is 75.3 Å². The summed E-state index contributed by atoms with van der Waals surface area (Å²) in [6, 6.07) is 14.9. The summed E-state index contributed by atoms with van der Waals surface area (Å²) in [4.78, 5) is 41.3. The molecule has 0 aliphatic rings. The number of phenols is 3. The Labute approximate surface area is 314 Å². The van der Waals surface area contributed by atoms with Crippen molar-refractivity contribution < 1.29 is 68.0 Å². The van der Waals surface area contributed by atoms with Crippen molar-refractivity contribution in [3.8, 4) is 28.7 Å². The molecule has 1 heterocycles. The maximum Gasteiger partial charge on any atom is 1.00 e. The van der Waals surface area contributed by atoms with Crippen LogP contribution in [0.5, 0.6) is 23.0 Å². The number of ether oxygens (including phenoxy) is 1. The van der Waals surface area contributed by atoms with Crippen LogP contribution in [-0.4, -0.2) is 54.9 Å². The van der Waals surface area contributed by atoms with Crippen LogP contribution in [0.1, 0.15) is 8.55 Å². The Morgan fingerprint density at radius 1 is 0.778 bits per heavy atom. The molecule has 0 aliphatic carbocycles. The molecule has 0 bridgehead atoms. The van der Waals surface area contributed by atoms with Gasteiger partial charge in [-0.1, -0.05) is 25.1 Å². The zero-order valence-electron chi connectivity index (χ0n) is 29.1. The van der Waals surface area contributed by atoms with Crippen molar-refractivity contribution >= 4 is 49.9 Å². The molecule has 0 amide bonds. The number of aromatic hydroxyl groups is 3. The standard InChI is InChI=1S/C16H13N5O7S.C13H10N4O7.Cr/c1-9-14(16(23)20(19-9)10-5-3-2-4-6-10)18-17-12-7-11(29(26,27)28)8-13(15(12)22)21(24)25;1-24-8-2-3-12(18)9(6-8)14-15-10-4-7(16(20)21)5-11(13(10)19)17(22)23;/h2-8H,1H3,(H3,17,18,19,22,23,26,27,28);2-6,18-19H,1H3;. The first-order chi connectivity index (χ1) is 24.9. The van der Waals surface area contributed by atoms with Gasteiger partial charge in [-0.05, 0) is 30.3 Å². The average molecular weight is 806 g/mol. The van der Waals surface area contributed by atoms with Crippen LogP contribution in [0.4, 0.5) is 39.8 Å². The number of hydrogen-bond donors (Lipinski definition) is 3. The van der Waals surface area contributed by atoms with E-state index in [1.165, 1.54) is 32.2 Å². The number of nitro groups is 3. The third-order valence-electron chi connectivity index (χ3n) is 6.68. The SMILES string of the molecule is COc1ccc(O)c(N=Nc2cc([N+](=O)[O-])cc([N+](=O)[O-])c2O)c1.Cc1[n-]n(-c2ccccc2)c(=O)c1N=Nc1cc(S(=O)(=O)[O-])cc([N+](=O)[O-])c1O.[Cr].[H+].[H+]. The van der Waals surface area contributed by atoms with Gasteiger partial charge in [0.2, 0.25) is 11.5 Å². The quantitative estimate of drug-likeness (QED) is 0.0669. The molecule has 4 aromatic carbocycles. The van der Waals surface area contributed by atoms with E-state index >= 15 is 0 Å². The Morgan fingerprint density at radius 2 is 1.33 bits per heavy atom. The third-order valence-corrected chi connectivity index (χ3v) is 7.50. The maximum atomic E-state index is 12.5. The van der Waals surface area contributed by atoms with Gasteiger partial charge >= 0.3 is 14.2 Å². The summed E-state index contributed by atoms with van der Waals surface area (Å²) in [5.74, 6) is -1.79. The number of phenolic OH excluding ortho intramolecular Hbond substituents is 3. The van der Waals surface area contributed by atoms with Crippen LogP contribution in [0.2, 0.25) is 0 Å². The van der Waals surface area contributed by atoms with Crippen molar-refractivity contribution in [3.05, 3.63) is 119 Å². The first kappa shape index (κ1) is 41.4. The summed E-state index contributed by atoms with van der Waals surface area (Å²) in [5.41, 5.74) is -4.03. The molecule has 0 radical (unpaired) electrons.